The van der Waals surface area contributed by atoms with Crippen LogP contribution in [-0.2, 0) is 4.79 Å². The lowest BCUT2D eigenvalue weighted by Crippen LogP contribution is -2.40. The summed E-state index contributed by atoms with van der Waals surface area (Å²) in [7, 11) is 0. The van der Waals surface area contributed by atoms with Crippen molar-refractivity contribution in [1.29, 1.82) is 5.26 Å². The van der Waals surface area contributed by atoms with E-state index in [1.165, 1.54) is 12.8 Å². The number of nitriles is 1. The maximum Gasteiger partial charge on any atom is 0.236 e. The second-order valence-corrected chi connectivity index (χ2v) is 5.85. The molecule has 1 aliphatic rings. The van der Waals surface area contributed by atoms with Gasteiger partial charge in [-0.1, -0.05) is 18.9 Å². The second-order valence-electron chi connectivity index (χ2n) is 5.00. The molecule has 2 N–H and O–H groups in total. The van der Waals surface area contributed by atoms with Gasteiger partial charge in [0.2, 0.25) is 5.91 Å². The third-order valence-corrected chi connectivity index (χ3v) is 4.52. The van der Waals surface area contributed by atoms with Gasteiger partial charge >= 0.3 is 0 Å². The fourth-order valence-corrected chi connectivity index (χ4v) is 3.41. The molecular weight excluding hydrogens is 270 g/mol. The van der Waals surface area contributed by atoms with E-state index in [0.717, 1.165) is 23.4 Å². The maximum absolute atomic E-state index is 11.4. The molecule has 4 nitrogen and oxygen atoms in total. The Morgan fingerprint density at radius 2 is 2.20 bits per heavy atom. The summed E-state index contributed by atoms with van der Waals surface area (Å²) in [5.74, 6) is -0.352. The number of nitrogens with zero attached hydrogens (tertiary/aromatic N) is 2. The zero-order valence-corrected chi connectivity index (χ0v) is 12.4. The highest BCUT2D eigenvalue weighted by Crippen LogP contribution is 2.33. The van der Waals surface area contributed by atoms with Gasteiger partial charge in [0, 0.05) is 10.9 Å². The molecular formula is C15H19N3OS. The first-order valence-corrected chi connectivity index (χ1v) is 8.02. The van der Waals surface area contributed by atoms with Crippen LogP contribution in [0.2, 0.25) is 0 Å². The van der Waals surface area contributed by atoms with Crippen molar-refractivity contribution in [3.63, 3.8) is 0 Å². The number of primary amides is 1. The number of amides is 1. The highest BCUT2D eigenvalue weighted by Gasteiger charge is 2.26. The second kappa shape index (κ2) is 6.67. The average Bonchev–Trinajstić information content (AvgIpc) is 2.97. The lowest BCUT2D eigenvalue weighted by atomic mass is 10.1. The first-order valence-electron chi connectivity index (χ1n) is 6.79. The quantitative estimate of drug-likeness (QED) is 0.846. The van der Waals surface area contributed by atoms with E-state index in [1.54, 1.807) is 11.8 Å². The summed E-state index contributed by atoms with van der Waals surface area (Å²) in [5.41, 5.74) is 6.88. The van der Waals surface area contributed by atoms with E-state index >= 15 is 0 Å². The van der Waals surface area contributed by atoms with E-state index in [4.69, 9.17) is 5.73 Å². The van der Waals surface area contributed by atoms with E-state index in [2.05, 4.69) is 6.07 Å². The van der Waals surface area contributed by atoms with E-state index < -0.39 is 0 Å². The Balaban J connectivity index is 2.42. The highest BCUT2D eigenvalue weighted by molar-refractivity contribution is 7.98. The first-order chi connectivity index (χ1) is 9.67. The molecule has 20 heavy (non-hydrogen) atoms. The Morgan fingerprint density at radius 3 is 2.75 bits per heavy atom. The van der Waals surface area contributed by atoms with E-state index in [-0.39, 0.29) is 12.5 Å². The Labute approximate surface area is 123 Å². The van der Waals surface area contributed by atoms with Gasteiger partial charge in [0.05, 0.1) is 17.8 Å². The van der Waals surface area contributed by atoms with Crippen LogP contribution >= 0.6 is 11.8 Å². The van der Waals surface area contributed by atoms with Crippen molar-refractivity contribution >= 4 is 23.4 Å². The van der Waals surface area contributed by atoms with Crippen LogP contribution in [-0.4, -0.2) is 24.7 Å². The zero-order valence-electron chi connectivity index (χ0n) is 11.6. The number of thioether (sulfide) groups is 1. The van der Waals surface area contributed by atoms with E-state index in [9.17, 15) is 10.1 Å². The van der Waals surface area contributed by atoms with Gasteiger partial charge in [-0.25, -0.2) is 0 Å². The SMILES string of the molecule is CSc1cccc(N(CC(N)=O)C2CCCC2)c1C#N. The number of anilines is 1. The number of carbonyl (C=O) groups is 1. The predicted octanol–water partition coefficient (Wildman–Crippen LogP) is 2.51. The van der Waals surface area contributed by atoms with Gasteiger partial charge in [0.25, 0.3) is 0 Å². The Kier molecular flexibility index (Phi) is 4.91. The summed E-state index contributed by atoms with van der Waals surface area (Å²) < 4.78 is 0. The molecule has 0 atom stereocenters. The summed E-state index contributed by atoms with van der Waals surface area (Å²) in [6.07, 6.45) is 6.41. The predicted molar refractivity (Wildman–Crippen MR) is 81.7 cm³/mol. The molecule has 0 unspecified atom stereocenters. The molecule has 1 amide bonds. The topological polar surface area (TPSA) is 70.1 Å². The molecule has 1 aromatic rings. The molecule has 5 heteroatoms. The van der Waals surface area contributed by atoms with Crippen molar-refractivity contribution < 1.29 is 4.79 Å². The minimum atomic E-state index is -0.352. The van der Waals surface area contributed by atoms with Gasteiger partial charge in [0.1, 0.15) is 6.07 Å². The third kappa shape index (κ3) is 3.07. The van der Waals surface area contributed by atoms with Gasteiger partial charge in [-0.3, -0.25) is 4.79 Å². The summed E-state index contributed by atoms with van der Waals surface area (Å²) in [5, 5.41) is 9.45. The van der Waals surface area contributed by atoms with Crippen molar-refractivity contribution in [2.75, 3.05) is 17.7 Å². The molecule has 1 aliphatic carbocycles. The van der Waals surface area contributed by atoms with Crippen LogP contribution in [0.25, 0.3) is 0 Å². The first kappa shape index (κ1) is 14.7. The summed E-state index contributed by atoms with van der Waals surface area (Å²) in [6, 6.07) is 8.38. The molecule has 0 saturated heterocycles. The molecule has 0 aromatic heterocycles. The third-order valence-electron chi connectivity index (χ3n) is 3.74. The standard InChI is InChI=1S/C15H19N3OS/c1-20-14-8-4-7-13(12(14)9-16)18(10-15(17)19)11-5-2-3-6-11/h4,7-8,11H,2-3,5-6,10H2,1H3,(H2,17,19). The van der Waals surface area contributed by atoms with Crippen molar-refractivity contribution in [2.24, 2.45) is 5.73 Å². The maximum atomic E-state index is 11.4. The molecule has 1 fully saturated rings. The molecule has 0 spiro atoms. The van der Waals surface area contributed by atoms with Gasteiger partial charge in [-0.05, 0) is 31.2 Å². The Bertz CT molecular complexity index is 532. The van der Waals surface area contributed by atoms with E-state index in [0.29, 0.717) is 11.6 Å². The molecule has 0 bridgehead atoms. The lowest BCUT2D eigenvalue weighted by Gasteiger charge is -2.31. The molecule has 1 saturated carbocycles. The van der Waals surface area contributed by atoms with Crippen LogP contribution in [0, 0.1) is 11.3 Å². The van der Waals surface area contributed by atoms with Crippen molar-refractivity contribution in [3.8, 4) is 6.07 Å². The molecule has 0 aliphatic heterocycles. The number of benzene rings is 1. The highest BCUT2D eigenvalue weighted by atomic mass is 32.2. The van der Waals surface area contributed by atoms with Crippen molar-refractivity contribution in [3.05, 3.63) is 23.8 Å². The average molecular weight is 289 g/mol. The minimum Gasteiger partial charge on any atom is -0.368 e. The summed E-state index contributed by atoms with van der Waals surface area (Å²) in [4.78, 5) is 14.3. The molecule has 0 radical (unpaired) electrons. The lowest BCUT2D eigenvalue weighted by molar-refractivity contribution is -0.116. The summed E-state index contributed by atoms with van der Waals surface area (Å²) >= 11 is 1.55. The van der Waals surface area contributed by atoms with Crippen molar-refractivity contribution in [1.82, 2.24) is 0 Å². The number of hydrogen-bond donors (Lipinski definition) is 1. The van der Waals surface area contributed by atoms with Gasteiger partial charge in [0.15, 0.2) is 0 Å². The monoisotopic (exact) mass is 289 g/mol. The number of rotatable bonds is 5. The van der Waals surface area contributed by atoms with Gasteiger partial charge in [-0.15, -0.1) is 11.8 Å². The normalized spacial score (nSPS) is 15.0. The molecule has 0 heterocycles. The van der Waals surface area contributed by atoms with Crippen LogP contribution in [0.3, 0.4) is 0 Å². The Morgan fingerprint density at radius 1 is 1.50 bits per heavy atom. The zero-order chi connectivity index (χ0) is 14.5. The van der Waals surface area contributed by atoms with E-state index in [1.807, 2.05) is 29.4 Å². The van der Waals surface area contributed by atoms with Crippen LogP contribution in [0.5, 0.6) is 0 Å². The minimum absolute atomic E-state index is 0.178. The summed E-state index contributed by atoms with van der Waals surface area (Å²) in [6.45, 7) is 0.178. The van der Waals surface area contributed by atoms with Crippen LogP contribution in [0.15, 0.2) is 23.1 Å². The fraction of sp³-hybridized carbons (Fsp3) is 0.467. The molecule has 2 rings (SSSR count). The van der Waals surface area contributed by atoms with Crippen LogP contribution in [0.4, 0.5) is 5.69 Å². The van der Waals surface area contributed by atoms with Crippen LogP contribution in [0.1, 0.15) is 31.2 Å². The smallest absolute Gasteiger partial charge is 0.236 e. The largest absolute Gasteiger partial charge is 0.368 e. The number of carbonyl (C=O) groups excluding carboxylic acids is 1. The van der Waals surface area contributed by atoms with Crippen LogP contribution < -0.4 is 10.6 Å². The molecule has 106 valence electrons. The number of hydrogen-bond acceptors (Lipinski definition) is 4. The van der Waals surface area contributed by atoms with Crippen molar-refractivity contribution in [2.45, 2.75) is 36.6 Å². The van der Waals surface area contributed by atoms with Gasteiger partial charge in [-0.2, -0.15) is 5.26 Å². The fourth-order valence-electron chi connectivity index (χ4n) is 2.84. The number of nitrogens with two attached hydrogens (primary N) is 1. The molecule has 1 aromatic carbocycles. The Hall–Kier alpha value is -1.67. The van der Waals surface area contributed by atoms with Gasteiger partial charge < -0.3 is 10.6 Å².